The van der Waals surface area contributed by atoms with Gasteiger partial charge in [0.15, 0.2) is 0 Å². The molecule has 0 spiro atoms. The van der Waals surface area contributed by atoms with Crippen molar-refractivity contribution in [3.05, 3.63) is 57.6 Å². The molecule has 98 valence electrons. The van der Waals surface area contributed by atoms with E-state index in [1.54, 1.807) is 19.2 Å². The highest BCUT2D eigenvalue weighted by Crippen LogP contribution is 2.34. The molecule has 0 aliphatic heterocycles. The van der Waals surface area contributed by atoms with E-state index >= 15 is 0 Å². The fourth-order valence-corrected chi connectivity index (χ4v) is 2.65. The van der Waals surface area contributed by atoms with Crippen molar-refractivity contribution in [3.8, 4) is 5.75 Å². The second-order valence-electron chi connectivity index (χ2n) is 3.65. The summed E-state index contributed by atoms with van der Waals surface area (Å²) < 4.78 is 5.08. The molecule has 19 heavy (non-hydrogen) atoms. The van der Waals surface area contributed by atoms with E-state index in [2.05, 4.69) is 0 Å². The minimum Gasteiger partial charge on any atom is -0.497 e. The van der Waals surface area contributed by atoms with Crippen LogP contribution < -0.4 is 4.74 Å². The van der Waals surface area contributed by atoms with Crippen molar-refractivity contribution in [2.45, 2.75) is 9.79 Å². The van der Waals surface area contributed by atoms with Crippen molar-refractivity contribution in [2.75, 3.05) is 7.11 Å². The fourth-order valence-electron chi connectivity index (χ4n) is 1.48. The van der Waals surface area contributed by atoms with Crippen LogP contribution in [0.1, 0.15) is 0 Å². The number of halogens is 1. The van der Waals surface area contributed by atoms with E-state index in [0.717, 1.165) is 15.5 Å². The Balaban J connectivity index is 2.18. The molecule has 2 aromatic rings. The summed E-state index contributed by atoms with van der Waals surface area (Å²) in [6, 6.07) is 12.2. The minimum absolute atomic E-state index is 0.0826. The molecule has 0 aromatic heterocycles. The van der Waals surface area contributed by atoms with Crippen LogP contribution in [-0.2, 0) is 0 Å². The lowest BCUT2D eigenvalue weighted by molar-refractivity contribution is -0.384. The van der Waals surface area contributed by atoms with E-state index in [-0.39, 0.29) is 10.7 Å². The molecule has 6 heteroatoms. The van der Waals surface area contributed by atoms with Gasteiger partial charge in [0.2, 0.25) is 0 Å². The summed E-state index contributed by atoms with van der Waals surface area (Å²) in [5.74, 6) is 0.783. The summed E-state index contributed by atoms with van der Waals surface area (Å²) in [6.07, 6.45) is 0. The highest BCUT2D eigenvalue weighted by molar-refractivity contribution is 7.99. The van der Waals surface area contributed by atoms with Gasteiger partial charge in [-0.2, -0.15) is 0 Å². The molecule has 2 rings (SSSR count). The summed E-state index contributed by atoms with van der Waals surface area (Å²) in [6.45, 7) is 0. The maximum absolute atomic E-state index is 10.7. The number of ether oxygens (including phenoxy) is 1. The number of hydrogen-bond donors (Lipinski definition) is 0. The minimum atomic E-state index is -0.496. The average molecular weight is 296 g/mol. The number of hydrogen-bond acceptors (Lipinski definition) is 4. The average Bonchev–Trinajstić information content (AvgIpc) is 2.39. The van der Waals surface area contributed by atoms with E-state index in [9.17, 15) is 10.1 Å². The maximum atomic E-state index is 10.7. The third-order valence-electron chi connectivity index (χ3n) is 2.41. The first kappa shape index (κ1) is 13.7. The van der Waals surface area contributed by atoms with Crippen LogP contribution in [0.5, 0.6) is 5.75 Å². The van der Waals surface area contributed by atoms with Crippen molar-refractivity contribution < 1.29 is 9.66 Å². The quantitative estimate of drug-likeness (QED) is 0.619. The van der Waals surface area contributed by atoms with Crippen LogP contribution in [0, 0.1) is 10.1 Å². The van der Waals surface area contributed by atoms with Crippen LogP contribution in [0.4, 0.5) is 5.69 Å². The van der Waals surface area contributed by atoms with E-state index in [1.165, 1.54) is 17.8 Å². The van der Waals surface area contributed by atoms with Crippen LogP contribution in [0.2, 0.25) is 5.02 Å². The van der Waals surface area contributed by atoms with E-state index in [4.69, 9.17) is 16.3 Å². The molecule has 0 atom stereocenters. The van der Waals surface area contributed by atoms with Crippen LogP contribution in [0.25, 0.3) is 0 Å². The Kier molecular flexibility index (Phi) is 4.29. The van der Waals surface area contributed by atoms with Crippen LogP contribution in [-0.4, -0.2) is 12.0 Å². The van der Waals surface area contributed by atoms with Gasteiger partial charge >= 0.3 is 0 Å². The summed E-state index contributed by atoms with van der Waals surface area (Å²) in [7, 11) is 1.61. The van der Waals surface area contributed by atoms with Gasteiger partial charge in [-0.05, 0) is 36.4 Å². The first-order valence-corrected chi connectivity index (χ1v) is 6.55. The predicted octanol–water partition coefficient (Wildman–Crippen LogP) is 4.41. The second-order valence-corrected chi connectivity index (χ2v) is 5.20. The zero-order chi connectivity index (χ0) is 13.8. The molecule has 0 aliphatic carbocycles. The highest BCUT2D eigenvalue weighted by Gasteiger charge is 2.12. The van der Waals surface area contributed by atoms with Gasteiger partial charge in [0.1, 0.15) is 10.8 Å². The Morgan fingerprint density at radius 2 is 1.79 bits per heavy atom. The standard InChI is InChI=1S/C13H10ClNO3S/c1-18-9-2-4-10(5-3-9)19-11-6-7-13(15(16)17)12(14)8-11/h2-8H,1H3. The molecule has 0 saturated heterocycles. The number of nitrogens with zero attached hydrogens (tertiary/aromatic N) is 1. The number of nitro groups is 1. The first-order valence-electron chi connectivity index (χ1n) is 5.36. The Morgan fingerprint density at radius 1 is 1.16 bits per heavy atom. The SMILES string of the molecule is COc1ccc(Sc2ccc([N+](=O)[O-])c(Cl)c2)cc1. The molecule has 0 bridgehead atoms. The molecular formula is C13H10ClNO3S. The van der Waals surface area contributed by atoms with Gasteiger partial charge in [0.05, 0.1) is 12.0 Å². The molecule has 0 aliphatic rings. The predicted molar refractivity (Wildman–Crippen MR) is 75.2 cm³/mol. The summed E-state index contributed by atoms with van der Waals surface area (Å²) in [4.78, 5) is 12.0. The lowest BCUT2D eigenvalue weighted by atomic mass is 10.3. The Bertz CT molecular complexity index is 601. The zero-order valence-electron chi connectivity index (χ0n) is 10.00. The largest absolute Gasteiger partial charge is 0.497 e. The molecule has 4 nitrogen and oxygen atoms in total. The summed E-state index contributed by atoms with van der Waals surface area (Å²) >= 11 is 7.34. The van der Waals surface area contributed by atoms with E-state index < -0.39 is 4.92 Å². The van der Waals surface area contributed by atoms with Crippen LogP contribution in [0.15, 0.2) is 52.3 Å². The molecule has 0 fully saturated rings. The van der Waals surface area contributed by atoms with Gasteiger partial charge in [-0.25, -0.2) is 0 Å². The van der Waals surface area contributed by atoms with Crippen molar-refractivity contribution in [1.82, 2.24) is 0 Å². The van der Waals surface area contributed by atoms with Crippen molar-refractivity contribution in [3.63, 3.8) is 0 Å². The van der Waals surface area contributed by atoms with Gasteiger partial charge in [-0.3, -0.25) is 10.1 Å². The molecule has 2 aromatic carbocycles. The van der Waals surface area contributed by atoms with Gasteiger partial charge < -0.3 is 4.74 Å². The highest BCUT2D eigenvalue weighted by atomic mass is 35.5. The zero-order valence-corrected chi connectivity index (χ0v) is 11.6. The topological polar surface area (TPSA) is 52.4 Å². The van der Waals surface area contributed by atoms with Gasteiger partial charge in [0, 0.05) is 15.9 Å². The van der Waals surface area contributed by atoms with Crippen molar-refractivity contribution >= 4 is 29.1 Å². The van der Waals surface area contributed by atoms with Crippen molar-refractivity contribution in [2.24, 2.45) is 0 Å². The Labute approximate surface area is 119 Å². The first-order chi connectivity index (χ1) is 9.10. The lowest BCUT2D eigenvalue weighted by Crippen LogP contribution is -1.88. The number of nitro benzene ring substituents is 1. The lowest BCUT2D eigenvalue weighted by Gasteiger charge is -2.04. The molecule has 0 heterocycles. The smallest absolute Gasteiger partial charge is 0.287 e. The van der Waals surface area contributed by atoms with Crippen molar-refractivity contribution in [1.29, 1.82) is 0 Å². The number of benzene rings is 2. The van der Waals surface area contributed by atoms with Crippen LogP contribution in [0.3, 0.4) is 0 Å². The molecule has 0 radical (unpaired) electrons. The normalized spacial score (nSPS) is 10.2. The Morgan fingerprint density at radius 3 is 2.32 bits per heavy atom. The molecule has 0 saturated carbocycles. The second kappa shape index (κ2) is 5.95. The molecule has 0 amide bonds. The third kappa shape index (κ3) is 3.39. The van der Waals surface area contributed by atoms with Crippen LogP contribution >= 0.6 is 23.4 Å². The summed E-state index contributed by atoms with van der Waals surface area (Å²) in [5, 5.41) is 10.8. The molecule has 0 N–H and O–H groups in total. The Hall–Kier alpha value is -1.72. The maximum Gasteiger partial charge on any atom is 0.287 e. The number of rotatable bonds is 4. The van der Waals surface area contributed by atoms with Gasteiger partial charge in [-0.15, -0.1) is 0 Å². The van der Waals surface area contributed by atoms with Gasteiger partial charge in [-0.1, -0.05) is 23.4 Å². The van der Waals surface area contributed by atoms with E-state index in [1.807, 2.05) is 24.3 Å². The molecule has 0 unspecified atom stereocenters. The van der Waals surface area contributed by atoms with E-state index in [0.29, 0.717) is 0 Å². The monoisotopic (exact) mass is 295 g/mol. The summed E-state index contributed by atoms with van der Waals surface area (Å²) in [5.41, 5.74) is -0.0826. The van der Waals surface area contributed by atoms with Gasteiger partial charge in [0.25, 0.3) is 5.69 Å². The molecular weight excluding hydrogens is 286 g/mol. The third-order valence-corrected chi connectivity index (χ3v) is 3.71. The fraction of sp³-hybridized carbons (Fsp3) is 0.0769. The number of methoxy groups -OCH3 is 1.